The van der Waals surface area contributed by atoms with Gasteiger partial charge in [0.1, 0.15) is 17.8 Å². The summed E-state index contributed by atoms with van der Waals surface area (Å²) in [5, 5.41) is 19.3. The maximum atomic E-state index is 13.9. The van der Waals surface area contributed by atoms with Crippen molar-refractivity contribution < 1.29 is 28.3 Å². The van der Waals surface area contributed by atoms with Crippen LogP contribution >= 0.6 is 0 Å². The number of amides is 1. The van der Waals surface area contributed by atoms with Crippen LogP contribution in [0.5, 0.6) is 0 Å². The van der Waals surface area contributed by atoms with Gasteiger partial charge in [0.05, 0.1) is 13.1 Å². The Labute approximate surface area is 156 Å². The first kappa shape index (κ1) is 20.9. The summed E-state index contributed by atoms with van der Waals surface area (Å²) in [5.41, 5.74) is -1.79. The Hall–Kier alpha value is -2.36. The number of rotatable bonds is 6. The minimum atomic E-state index is -1.36. The van der Waals surface area contributed by atoms with E-state index in [2.05, 4.69) is 15.5 Å². The topological polar surface area (TPSA) is 126 Å². The van der Waals surface area contributed by atoms with Crippen molar-refractivity contribution in [3.63, 3.8) is 0 Å². The van der Waals surface area contributed by atoms with Crippen LogP contribution in [0.25, 0.3) is 0 Å². The molecule has 2 atom stereocenters. The molecule has 0 aliphatic carbocycles. The van der Waals surface area contributed by atoms with Crippen molar-refractivity contribution >= 4 is 17.7 Å². The van der Waals surface area contributed by atoms with Crippen LogP contribution in [-0.2, 0) is 15.0 Å². The molecule has 2 rings (SSSR count). The number of carboxylic acid groups (broad SMARTS) is 1. The van der Waals surface area contributed by atoms with Crippen molar-refractivity contribution in [2.45, 2.75) is 64.2 Å². The first-order valence-corrected chi connectivity index (χ1v) is 8.63. The summed E-state index contributed by atoms with van der Waals surface area (Å²) in [6, 6.07) is -1.06. The number of aliphatic carboxylic acids is 1. The van der Waals surface area contributed by atoms with E-state index < -0.39 is 40.8 Å². The van der Waals surface area contributed by atoms with E-state index in [4.69, 9.17) is 9.52 Å². The lowest BCUT2D eigenvalue weighted by molar-refractivity contribution is -0.143. The average molecular weight is 384 g/mol. The molecule has 0 radical (unpaired) electrons. The number of hydrogen-bond acceptors (Lipinski definition) is 7. The minimum absolute atomic E-state index is 0.167. The minimum Gasteiger partial charge on any atom is -0.480 e. The number of ketones is 1. The number of alkyl halides is 1. The highest BCUT2D eigenvalue weighted by atomic mass is 19.1. The molecular formula is C17H25FN4O5. The predicted molar refractivity (Wildman–Crippen MR) is 92.1 cm³/mol. The van der Waals surface area contributed by atoms with Gasteiger partial charge in [-0.05, 0) is 13.8 Å². The zero-order valence-corrected chi connectivity index (χ0v) is 16.1. The van der Waals surface area contributed by atoms with Gasteiger partial charge in [-0.2, -0.15) is 0 Å². The largest absolute Gasteiger partial charge is 0.480 e. The number of carbonyl (C=O) groups is 3. The quantitative estimate of drug-likeness (QED) is 0.694. The number of hydrogen-bond donors (Lipinski definition) is 2. The number of halogens is 1. The van der Waals surface area contributed by atoms with Gasteiger partial charge in [0.25, 0.3) is 5.89 Å². The van der Waals surface area contributed by atoms with Crippen molar-refractivity contribution in [3.05, 3.63) is 11.8 Å². The van der Waals surface area contributed by atoms with Gasteiger partial charge in [-0.3, -0.25) is 19.7 Å². The van der Waals surface area contributed by atoms with Crippen molar-refractivity contribution in [1.29, 1.82) is 0 Å². The second-order valence-electron chi connectivity index (χ2n) is 8.21. The molecule has 1 aromatic rings. The molecule has 1 aromatic heterocycles. The van der Waals surface area contributed by atoms with Gasteiger partial charge in [-0.15, -0.1) is 10.2 Å². The fraction of sp³-hybridized carbons (Fsp3) is 0.706. The van der Waals surface area contributed by atoms with Crippen molar-refractivity contribution in [3.8, 4) is 0 Å². The fourth-order valence-electron chi connectivity index (χ4n) is 2.55. The van der Waals surface area contributed by atoms with Gasteiger partial charge in [-0.1, -0.05) is 20.8 Å². The first-order valence-electron chi connectivity index (χ1n) is 8.63. The van der Waals surface area contributed by atoms with Gasteiger partial charge in [0.15, 0.2) is 0 Å². The van der Waals surface area contributed by atoms with E-state index >= 15 is 0 Å². The third-order valence-electron chi connectivity index (χ3n) is 4.37. The lowest BCUT2D eigenvalue weighted by atomic mass is 9.97. The SMILES string of the molecule is CC(C)(NCC(=O)N1C[C@@H](F)CC1C(=O)c1nnc(C(C)(C)C)o1)C(=O)O. The molecule has 2 heterocycles. The van der Waals surface area contributed by atoms with E-state index in [1.807, 2.05) is 20.8 Å². The molecule has 0 bridgehead atoms. The van der Waals surface area contributed by atoms with E-state index in [0.29, 0.717) is 0 Å². The van der Waals surface area contributed by atoms with Crippen LogP contribution in [0.3, 0.4) is 0 Å². The second kappa shape index (κ2) is 7.34. The van der Waals surface area contributed by atoms with Gasteiger partial charge < -0.3 is 14.4 Å². The van der Waals surface area contributed by atoms with Crippen LogP contribution in [0, 0.1) is 0 Å². The van der Waals surface area contributed by atoms with E-state index in [0.717, 1.165) is 4.90 Å². The highest BCUT2D eigenvalue weighted by molar-refractivity contribution is 5.99. The summed E-state index contributed by atoms with van der Waals surface area (Å²) in [7, 11) is 0. The second-order valence-corrected chi connectivity index (χ2v) is 8.21. The molecule has 27 heavy (non-hydrogen) atoms. The molecule has 0 spiro atoms. The van der Waals surface area contributed by atoms with Crippen LogP contribution < -0.4 is 5.32 Å². The summed E-state index contributed by atoms with van der Waals surface area (Å²) in [6.07, 6.45) is -1.53. The zero-order chi connectivity index (χ0) is 20.6. The molecule has 1 unspecified atom stereocenters. The van der Waals surface area contributed by atoms with Gasteiger partial charge in [0, 0.05) is 11.8 Å². The highest BCUT2D eigenvalue weighted by Crippen LogP contribution is 2.26. The van der Waals surface area contributed by atoms with Crippen LogP contribution in [-0.4, -0.2) is 68.7 Å². The van der Waals surface area contributed by atoms with Crippen LogP contribution in [0.2, 0.25) is 0 Å². The highest BCUT2D eigenvalue weighted by Gasteiger charge is 2.42. The molecular weight excluding hydrogens is 359 g/mol. The Morgan fingerprint density at radius 2 is 1.89 bits per heavy atom. The van der Waals surface area contributed by atoms with Crippen molar-refractivity contribution in [2.75, 3.05) is 13.1 Å². The number of nitrogens with zero attached hydrogens (tertiary/aromatic N) is 3. The Morgan fingerprint density at radius 3 is 2.41 bits per heavy atom. The molecule has 1 fully saturated rings. The van der Waals surface area contributed by atoms with Crippen molar-refractivity contribution in [1.82, 2.24) is 20.4 Å². The van der Waals surface area contributed by atoms with E-state index in [9.17, 15) is 18.8 Å². The molecule has 2 N–H and O–H groups in total. The number of nitrogens with one attached hydrogen (secondary N) is 1. The van der Waals surface area contributed by atoms with E-state index in [1.165, 1.54) is 13.8 Å². The molecule has 150 valence electrons. The van der Waals surface area contributed by atoms with Gasteiger partial charge in [-0.25, -0.2) is 4.39 Å². The molecule has 10 heteroatoms. The number of carboxylic acids is 1. The van der Waals surface area contributed by atoms with Crippen molar-refractivity contribution in [2.24, 2.45) is 0 Å². The summed E-state index contributed by atoms with van der Waals surface area (Å²) in [5.74, 6) is -2.32. The molecule has 9 nitrogen and oxygen atoms in total. The fourth-order valence-corrected chi connectivity index (χ4v) is 2.55. The number of Topliss-reactive ketones (excluding diaryl/α,β-unsaturated/α-hetero) is 1. The summed E-state index contributed by atoms with van der Waals surface area (Å²) in [6.45, 7) is 7.74. The third kappa shape index (κ3) is 4.68. The standard InChI is InChI=1S/C17H25FN4O5/c1-16(2,3)14-21-20-13(27-14)12(24)10-6-9(18)8-22(10)11(23)7-19-17(4,5)15(25)26/h9-10,19H,6-8H2,1-5H3,(H,25,26)/t9-,10?/m0/s1. The summed E-state index contributed by atoms with van der Waals surface area (Å²) in [4.78, 5) is 37.4. The lowest BCUT2D eigenvalue weighted by Gasteiger charge is -2.25. The monoisotopic (exact) mass is 384 g/mol. The summed E-state index contributed by atoms with van der Waals surface area (Å²) >= 11 is 0. The maximum absolute atomic E-state index is 13.9. The predicted octanol–water partition coefficient (Wildman–Crippen LogP) is 0.942. The van der Waals surface area contributed by atoms with E-state index in [1.54, 1.807) is 0 Å². The summed E-state index contributed by atoms with van der Waals surface area (Å²) < 4.78 is 19.3. The molecule has 1 aliphatic heterocycles. The lowest BCUT2D eigenvalue weighted by Crippen LogP contribution is -2.52. The number of aromatic nitrogens is 2. The Bertz CT molecular complexity index is 740. The Kier molecular flexibility index (Phi) is 5.69. The smallest absolute Gasteiger partial charge is 0.323 e. The maximum Gasteiger partial charge on any atom is 0.323 e. The van der Waals surface area contributed by atoms with E-state index in [-0.39, 0.29) is 31.3 Å². The zero-order valence-electron chi connectivity index (χ0n) is 16.1. The average Bonchev–Trinajstić information content (AvgIpc) is 3.18. The first-order chi connectivity index (χ1) is 12.3. The Balaban J connectivity index is 2.13. The van der Waals surface area contributed by atoms with Crippen LogP contribution in [0.15, 0.2) is 4.42 Å². The normalized spacial score (nSPS) is 20.7. The van der Waals surface area contributed by atoms with Crippen LogP contribution in [0.4, 0.5) is 4.39 Å². The molecule has 1 saturated heterocycles. The number of carbonyl (C=O) groups excluding carboxylic acids is 2. The molecule has 0 aromatic carbocycles. The molecule has 0 saturated carbocycles. The third-order valence-corrected chi connectivity index (χ3v) is 4.37. The van der Waals surface area contributed by atoms with Crippen LogP contribution in [0.1, 0.15) is 57.6 Å². The Morgan fingerprint density at radius 1 is 1.26 bits per heavy atom. The molecule has 1 aliphatic rings. The van der Waals surface area contributed by atoms with Gasteiger partial charge in [0.2, 0.25) is 17.6 Å². The number of likely N-dealkylation sites (tertiary alicyclic amines) is 1. The van der Waals surface area contributed by atoms with Gasteiger partial charge >= 0.3 is 5.97 Å². The molecule has 1 amide bonds.